The summed E-state index contributed by atoms with van der Waals surface area (Å²) in [5.41, 5.74) is 6.52. The molecule has 3 heteroatoms. The summed E-state index contributed by atoms with van der Waals surface area (Å²) in [4.78, 5) is 0. The van der Waals surface area contributed by atoms with Crippen LogP contribution in [-0.4, -0.2) is 16.5 Å². The second kappa shape index (κ2) is 6.74. The molecular formula is C11H17NOS. The minimum atomic E-state index is -0.728. The van der Waals surface area contributed by atoms with Crippen molar-refractivity contribution in [2.75, 3.05) is 12.3 Å². The van der Waals surface area contributed by atoms with E-state index in [0.29, 0.717) is 12.3 Å². The molecule has 1 aromatic carbocycles. The Morgan fingerprint density at radius 3 is 2.50 bits per heavy atom. The molecule has 1 aromatic rings. The molecule has 2 nitrogen and oxygen atoms in total. The first-order valence-electron chi connectivity index (χ1n) is 4.92. The molecule has 14 heavy (non-hydrogen) atoms. The lowest BCUT2D eigenvalue weighted by Gasteiger charge is -2.01. The highest BCUT2D eigenvalue weighted by Crippen LogP contribution is 2.04. The first-order valence-corrected chi connectivity index (χ1v) is 6.40. The summed E-state index contributed by atoms with van der Waals surface area (Å²) in [5, 5.41) is 0. The van der Waals surface area contributed by atoms with E-state index in [9.17, 15) is 4.21 Å². The summed E-state index contributed by atoms with van der Waals surface area (Å²) in [6.07, 6.45) is 1.94. The highest BCUT2D eigenvalue weighted by atomic mass is 32.2. The number of hydrogen-bond acceptors (Lipinski definition) is 2. The Kier molecular flexibility index (Phi) is 5.49. The zero-order valence-corrected chi connectivity index (χ0v) is 9.13. The summed E-state index contributed by atoms with van der Waals surface area (Å²) in [6.45, 7) is 0.697. The largest absolute Gasteiger partial charge is 0.330 e. The molecule has 0 aromatic heterocycles. The first kappa shape index (κ1) is 11.4. The van der Waals surface area contributed by atoms with Crippen molar-refractivity contribution in [2.24, 2.45) is 5.73 Å². The molecule has 1 atom stereocenters. The molecule has 1 unspecified atom stereocenters. The van der Waals surface area contributed by atoms with Crippen LogP contribution in [0.25, 0.3) is 0 Å². The maximum atomic E-state index is 11.6. The molecule has 0 aliphatic carbocycles. The molecule has 0 fully saturated rings. The summed E-state index contributed by atoms with van der Waals surface area (Å²) in [5.74, 6) is 1.44. The Labute approximate surface area is 88.0 Å². The van der Waals surface area contributed by atoms with Gasteiger partial charge in [-0.15, -0.1) is 0 Å². The number of hydrogen-bond donors (Lipinski definition) is 1. The van der Waals surface area contributed by atoms with Crippen molar-refractivity contribution >= 4 is 10.8 Å². The van der Waals surface area contributed by atoms with E-state index in [1.165, 1.54) is 0 Å². The molecule has 0 saturated heterocycles. The summed E-state index contributed by atoms with van der Waals surface area (Å²) < 4.78 is 11.6. The van der Waals surface area contributed by atoms with E-state index in [1.807, 2.05) is 30.3 Å². The van der Waals surface area contributed by atoms with Crippen LogP contribution in [0.3, 0.4) is 0 Å². The van der Waals surface area contributed by atoms with Gasteiger partial charge < -0.3 is 5.73 Å². The van der Waals surface area contributed by atoms with E-state index < -0.39 is 10.8 Å². The normalized spacial score (nSPS) is 12.6. The van der Waals surface area contributed by atoms with Crippen LogP contribution in [0.4, 0.5) is 0 Å². The highest BCUT2D eigenvalue weighted by molar-refractivity contribution is 7.84. The summed E-state index contributed by atoms with van der Waals surface area (Å²) in [7, 11) is -0.728. The van der Waals surface area contributed by atoms with Gasteiger partial charge >= 0.3 is 0 Å². The smallest absolute Gasteiger partial charge is 0.0485 e. The lowest BCUT2D eigenvalue weighted by atomic mass is 10.2. The average molecular weight is 211 g/mol. The van der Waals surface area contributed by atoms with Gasteiger partial charge in [0, 0.05) is 22.3 Å². The summed E-state index contributed by atoms with van der Waals surface area (Å²) >= 11 is 0. The fourth-order valence-electron chi connectivity index (χ4n) is 1.24. The molecule has 0 bridgehead atoms. The average Bonchev–Trinajstić information content (AvgIpc) is 2.20. The van der Waals surface area contributed by atoms with Crippen LogP contribution < -0.4 is 5.73 Å². The number of benzene rings is 1. The van der Waals surface area contributed by atoms with Gasteiger partial charge in [0.1, 0.15) is 0 Å². The van der Waals surface area contributed by atoms with Crippen LogP contribution in [0.15, 0.2) is 30.3 Å². The molecule has 0 saturated carbocycles. The van der Waals surface area contributed by atoms with Crippen LogP contribution in [0.5, 0.6) is 0 Å². The van der Waals surface area contributed by atoms with Crippen LogP contribution in [0.2, 0.25) is 0 Å². The Hall–Kier alpha value is -0.670. The number of rotatable bonds is 6. The van der Waals surface area contributed by atoms with Crippen LogP contribution in [0.1, 0.15) is 18.4 Å². The van der Waals surface area contributed by atoms with Crippen LogP contribution in [0, 0.1) is 0 Å². The zero-order chi connectivity index (χ0) is 10.2. The fraction of sp³-hybridized carbons (Fsp3) is 0.455. The Morgan fingerprint density at radius 1 is 1.14 bits per heavy atom. The molecule has 0 spiro atoms. The van der Waals surface area contributed by atoms with E-state index in [2.05, 4.69) is 0 Å². The van der Waals surface area contributed by atoms with Gasteiger partial charge in [0.2, 0.25) is 0 Å². The van der Waals surface area contributed by atoms with Gasteiger partial charge in [-0.05, 0) is 24.9 Å². The van der Waals surface area contributed by atoms with E-state index in [-0.39, 0.29) is 0 Å². The molecule has 78 valence electrons. The topological polar surface area (TPSA) is 43.1 Å². The predicted octanol–water partition coefficient (Wildman–Crippen LogP) is 1.67. The standard InChI is InChI=1S/C11H17NOS/c12-8-4-5-9-14(13)10-11-6-2-1-3-7-11/h1-3,6-7H,4-5,8-10,12H2. The molecule has 2 N–H and O–H groups in total. The van der Waals surface area contributed by atoms with Gasteiger partial charge in [-0.25, -0.2) is 0 Å². The monoisotopic (exact) mass is 211 g/mol. The predicted molar refractivity (Wildman–Crippen MR) is 61.4 cm³/mol. The maximum absolute atomic E-state index is 11.6. The second-order valence-corrected chi connectivity index (χ2v) is 4.85. The highest BCUT2D eigenvalue weighted by Gasteiger charge is 2.00. The van der Waals surface area contributed by atoms with E-state index >= 15 is 0 Å². The van der Waals surface area contributed by atoms with E-state index in [4.69, 9.17) is 5.73 Å². The fourth-order valence-corrected chi connectivity index (χ4v) is 2.47. The number of nitrogens with two attached hydrogens (primary N) is 1. The van der Waals surface area contributed by atoms with Crippen molar-refractivity contribution < 1.29 is 4.21 Å². The quantitative estimate of drug-likeness (QED) is 0.727. The molecule has 1 rings (SSSR count). The molecule has 0 aliphatic rings. The second-order valence-electron chi connectivity index (χ2n) is 3.27. The Morgan fingerprint density at radius 2 is 1.86 bits per heavy atom. The minimum Gasteiger partial charge on any atom is -0.330 e. The third-order valence-corrected chi connectivity index (χ3v) is 3.40. The van der Waals surface area contributed by atoms with Crippen LogP contribution in [-0.2, 0) is 16.6 Å². The van der Waals surface area contributed by atoms with Crippen molar-refractivity contribution in [3.05, 3.63) is 35.9 Å². The van der Waals surface area contributed by atoms with Gasteiger partial charge in [-0.3, -0.25) is 4.21 Å². The molecular weight excluding hydrogens is 194 g/mol. The summed E-state index contributed by atoms with van der Waals surface area (Å²) in [6, 6.07) is 9.96. The zero-order valence-electron chi connectivity index (χ0n) is 8.32. The van der Waals surface area contributed by atoms with Gasteiger partial charge in [0.15, 0.2) is 0 Å². The van der Waals surface area contributed by atoms with Gasteiger partial charge in [0.25, 0.3) is 0 Å². The van der Waals surface area contributed by atoms with Crippen LogP contribution >= 0.6 is 0 Å². The Balaban J connectivity index is 2.27. The SMILES string of the molecule is NCCCCS(=O)Cc1ccccc1. The van der Waals surface area contributed by atoms with E-state index in [1.54, 1.807) is 0 Å². The lowest BCUT2D eigenvalue weighted by Crippen LogP contribution is -2.04. The van der Waals surface area contributed by atoms with Gasteiger partial charge in [0.05, 0.1) is 0 Å². The third kappa shape index (κ3) is 4.53. The lowest BCUT2D eigenvalue weighted by molar-refractivity contribution is 0.677. The van der Waals surface area contributed by atoms with Crippen molar-refractivity contribution in [3.8, 4) is 0 Å². The third-order valence-electron chi connectivity index (χ3n) is 2.00. The Bertz CT molecular complexity index is 274. The van der Waals surface area contributed by atoms with Crippen molar-refractivity contribution in [3.63, 3.8) is 0 Å². The van der Waals surface area contributed by atoms with Crippen molar-refractivity contribution in [2.45, 2.75) is 18.6 Å². The van der Waals surface area contributed by atoms with Gasteiger partial charge in [-0.2, -0.15) is 0 Å². The maximum Gasteiger partial charge on any atom is 0.0485 e. The van der Waals surface area contributed by atoms with E-state index in [0.717, 1.165) is 24.2 Å². The molecule has 0 radical (unpaired) electrons. The van der Waals surface area contributed by atoms with Crippen molar-refractivity contribution in [1.82, 2.24) is 0 Å². The molecule has 0 heterocycles. The molecule has 0 aliphatic heterocycles. The number of unbranched alkanes of at least 4 members (excludes halogenated alkanes) is 1. The van der Waals surface area contributed by atoms with Gasteiger partial charge in [-0.1, -0.05) is 30.3 Å². The minimum absolute atomic E-state index is 0.672. The molecule has 0 amide bonds. The first-order chi connectivity index (χ1) is 6.83. The van der Waals surface area contributed by atoms with Crippen molar-refractivity contribution in [1.29, 1.82) is 0 Å².